The molecule has 0 spiro atoms. The molecule has 0 aliphatic carbocycles. The number of rotatable bonds is 5. The Morgan fingerprint density at radius 2 is 2.06 bits per heavy atom. The Morgan fingerprint density at radius 1 is 1.44 bits per heavy atom. The molecule has 0 bridgehead atoms. The molecule has 1 aliphatic rings. The lowest BCUT2D eigenvalue weighted by atomic mass is 9.92. The summed E-state index contributed by atoms with van der Waals surface area (Å²) in [5.74, 6) is -0.0809. The van der Waals surface area contributed by atoms with E-state index >= 15 is 0 Å². The maximum atomic E-state index is 11.9. The molecule has 1 fully saturated rings. The summed E-state index contributed by atoms with van der Waals surface area (Å²) in [6.45, 7) is 6.21. The van der Waals surface area contributed by atoms with Gasteiger partial charge >= 0.3 is 0 Å². The number of hydrogen-bond acceptors (Lipinski definition) is 3. The highest BCUT2D eigenvalue weighted by atomic mass is 16.2. The average Bonchev–Trinajstić information content (AvgIpc) is 2.39. The molecule has 1 saturated heterocycles. The molecule has 2 N–H and O–H groups in total. The van der Waals surface area contributed by atoms with Crippen molar-refractivity contribution >= 4 is 11.8 Å². The first-order valence-electron chi connectivity index (χ1n) is 5.99. The predicted octanol–water partition coefficient (Wildman–Crippen LogP) is 1.29. The molecule has 0 aromatic heterocycles. The standard InChI is InChI=1S/C12H22N2O2/c1-4-9(13)6-5-7-14-10(15)8-12(2,3)11(14)16/h9H,4-8,13H2,1-3H3. The number of carbonyl (C=O) groups is 2. The minimum absolute atomic E-state index is 0.0393. The molecule has 1 atom stereocenters. The largest absolute Gasteiger partial charge is 0.328 e. The summed E-state index contributed by atoms with van der Waals surface area (Å²) in [6.07, 6.45) is 2.95. The molecular formula is C12H22N2O2. The first kappa shape index (κ1) is 13.2. The minimum atomic E-state index is -0.510. The Bertz CT molecular complexity index is 287. The van der Waals surface area contributed by atoms with Crippen LogP contribution in [0.3, 0.4) is 0 Å². The maximum Gasteiger partial charge on any atom is 0.235 e. The van der Waals surface area contributed by atoms with Crippen LogP contribution in [0.2, 0.25) is 0 Å². The van der Waals surface area contributed by atoms with Gasteiger partial charge in [-0.2, -0.15) is 0 Å². The van der Waals surface area contributed by atoms with Crippen molar-refractivity contribution < 1.29 is 9.59 Å². The Balaban J connectivity index is 2.44. The molecule has 16 heavy (non-hydrogen) atoms. The van der Waals surface area contributed by atoms with Gasteiger partial charge < -0.3 is 5.73 Å². The zero-order valence-electron chi connectivity index (χ0n) is 10.5. The lowest BCUT2D eigenvalue weighted by Crippen LogP contribution is -2.34. The second-order valence-corrected chi connectivity index (χ2v) is 5.22. The first-order chi connectivity index (χ1) is 7.38. The summed E-state index contributed by atoms with van der Waals surface area (Å²) >= 11 is 0. The number of nitrogens with zero attached hydrogens (tertiary/aromatic N) is 1. The van der Waals surface area contributed by atoms with E-state index in [1.807, 2.05) is 20.8 Å². The Morgan fingerprint density at radius 3 is 2.50 bits per heavy atom. The van der Waals surface area contributed by atoms with Crippen LogP contribution in [0.25, 0.3) is 0 Å². The van der Waals surface area contributed by atoms with E-state index in [-0.39, 0.29) is 17.9 Å². The summed E-state index contributed by atoms with van der Waals surface area (Å²) in [6, 6.07) is 0.181. The third-order valence-corrected chi connectivity index (χ3v) is 3.20. The third kappa shape index (κ3) is 2.82. The lowest BCUT2D eigenvalue weighted by Gasteiger charge is -2.18. The van der Waals surface area contributed by atoms with Crippen molar-refractivity contribution in [2.24, 2.45) is 11.1 Å². The SMILES string of the molecule is CCC(N)CCCN1C(=O)CC(C)(C)C1=O. The average molecular weight is 226 g/mol. The van der Waals surface area contributed by atoms with Crippen molar-refractivity contribution in [3.63, 3.8) is 0 Å². The van der Waals surface area contributed by atoms with Gasteiger partial charge in [0.1, 0.15) is 0 Å². The van der Waals surface area contributed by atoms with Gasteiger partial charge in [-0.25, -0.2) is 0 Å². The molecule has 0 radical (unpaired) electrons. The summed E-state index contributed by atoms with van der Waals surface area (Å²) in [5.41, 5.74) is 5.28. The monoisotopic (exact) mass is 226 g/mol. The Labute approximate surface area is 97.2 Å². The number of imide groups is 1. The first-order valence-corrected chi connectivity index (χ1v) is 5.99. The van der Waals surface area contributed by atoms with Crippen LogP contribution in [-0.2, 0) is 9.59 Å². The van der Waals surface area contributed by atoms with Gasteiger partial charge in [0, 0.05) is 19.0 Å². The zero-order chi connectivity index (χ0) is 12.3. The van der Waals surface area contributed by atoms with E-state index in [1.54, 1.807) is 0 Å². The summed E-state index contributed by atoms with van der Waals surface area (Å²) < 4.78 is 0. The zero-order valence-corrected chi connectivity index (χ0v) is 10.5. The van der Waals surface area contributed by atoms with E-state index in [9.17, 15) is 9.59 Å². The van der Waals surface area contributed by atoms with Gasteiger partial charge in [-0.15, -0.1) is 0 Å². The van der Waals surface area contributed by atoms with Crippen LogP contribution in [-0.4, -0.2) is 29.3 Å². The second-order valence-electron chi connectivity index (χ2n) is 5.22. The molecule has 4 nitrogen and oxygen atoms in total. The van der Waals surface area contributed by atoms with Gasteiger partial charge in [-0.3, -0.25) is 14.5 Å². The summed E-state index contributed by atoms with van der Waals surface area (Å²) in [5, 5.41) is 0. The van der Waals surface area contributed by atoms with Gasteiger partial charge in [0.15, 0.2) is 0 Å². The van der Waals surface area contributed by atoms with Gasteiger partial charge in [0.05, 0.1) is 5.41 Å². The van der Waals surface area contributed by atoms with E-state index in [1.165, 1.54) is 4.90 Å². The maximum absolute atomic E-state index is 11.9. The highest BCUT2D eigenvalue weighted by Gasteiger charge is 2.44. The predicted molar refractivity (Wildman–Crippen MR) is 62.6 cm³/mol. The Hall–Kier alpha value is -0.900. The van der Waals surface area contributed by atoms with E-state index < -0.39 is 5.41 Å². The fourth-order valence-corrected chi connectivity index (χ4v) is 1.97. The van der Waals surface area contributed by atoms with E-state index in [2.05, 4.69) is 0 Å². The summed E-state index contributed by atoms with van der Waals surface area (Å²) in [7, 11) is 0. The number of amides is 2. The third-order valence-electron chi connectivity index (χ3n) is 3.20. The lowest BCUT2D eigenvalue weighted by molar-refractivity contribution is -0.140. The van der Waals surface area contributed by atoms with Crippen molar-refractivity contribution in [1.82, 2.24) is 4.90 Å². The number of nitrogens with two attached hydrogens (primary N) is 1. The van der Waals surface area contributed by atoms with Crippen molar-refractivity contribution in [2.75, 3.05) is 6.54 Å². The van der Waals surface area contributed by atoms with Crippen LogP contribution in [0.1, 0.15) is 46.5 Å². The summed E-state index contributed by atoms with van der Waals surface area (Å²) in [4.78, 5) is 24.9. The van der Waals surface area contributed by atoms with Crippen LogP contribution in [0, 0.1) is 5.41 Å². The smallest absolute Gasteiger partial charge is 0.235 e. The van der Waals surface area contributed by atoms with Crippen molar-refractivity contribution in [1.29, 1.82) is 0 Å². The molecule has 1 heterocycles. The molecule has 2 amide bonds. The van der Waals surface area contributed by atoms with Crippen LogP contribution in [0.15, 0.2) is 0 Å². The van der Waals surface area contributed by atoms with Crippen LogP contribution >= 0.6 is 0 Å². The van der Waals surface area contributed by atoms with E-state index in [0.29, 0.717) is 13.0 Å². The van der Waals surface area contributed by atoms with E-state index in [0.717, 1.165) is 19.3 Å². The molecule has 4 heteroatoms. The highest BCUT2D eigenvalue weighted by Crippen LogP contribution is 2.31. The van der Waals surface area contributed by atoms with Crippen LogP contribution in [0.5, 0.6) is 0 Å². The number of likely N-dealkylation sites (tertiary alicyclic amines) is 1. The molecule has 0 aromatic rings. The molecule has 0 aromatic carbocycles. The van der Waals surface area contributed by atoms with Gasteiger partial charge in [0.2, 0.25) is 11.8 Å². The molecule has 1 aliphatic heterocycles. The van der Waals surface area contributed by atoms with Gasteiger partial charge in [-0.1, -0.05) is 20.8 Å². The second kappa shape index (κ2) is 4.95. The van der Waals surface area contributed by atoms with Crippen LogP contribution in [0.4, 0.5) is 0 Å². The molecular weight excluding hydrogens is 204 g/mol. The number of carbonyl (C=O) groups excluding carboxylic acids is 2. The fraction of sp³-hybridized carbons (Fsp3) is 0.833. The van der Waals surface area contributed by atoms with Gasteiger partial charge in [-0.05, 0) is 19.3 Å². The fourth-order valence-electron chi connectivity index (χ4n) is 1.97. The quantitative estimate of drug-likeness (QED) is 0.718. The normalized spacial score (nSPS) is 21.6. The topological polar surface area (TPSA) is 63.4 Å². The highest BCUT2D eigenvalue weighted by molar-refractivity contribution is 6.05. The molecule has 1 rings (SSSR count). The molecule has 0 saturated carbocycles. The van der Waals surface area contributed by atoms with Crippen molar-refractivity contribution in [3.05, 3.63) is 0 Å². The molecule has 92 valence electrons. The van der Waals surface area contributed by atoms with Gasteiger partial charge in [0.25, 0.3) is 0 Å². The number of hydrogen-bond donors (Lipinski definition) is 1. The van der Waals surface area contributed by atoms with Crippen molar-refractivity contribution in [3.8, 4) is 0 Å². The van der Waals surface area contributed by atoms with Crippen molar-refractivity contribution in [2.45, 2.75) is 52.5 Å². The molecule has 1 unspecified atom stereocenters. The minimum Gasteiger partial charge on any atom is -0.328 e. The van der Waals surface area contributed by atoms with E-state index in [4.69, 9.17) is 5.73 Å². The Kier molecular flexibility index (Phi) is 4.08. The van der Waals surface area contributed by atoms with Crippen LogP contribution < -0.4 is 5.73 Å².